The first-order valence-corrected chi connectivity index (χ1v) is 8.25. The first-order valence-electron chi connectivity index (χ1n) is 8.25. The molecule has 2 unspecified atom stereocenters. The predicted octanol–water partition coefficient (Wildman–Crippen LogP) is 4.06. The second-order valence-electron chi connectivity index (χ2n) is 6.14. The third-order valence-corrected chi connectivity index (χ3v) is 4.53. The minimum absolute atomic E-state index is 0.0733. The number of esters is 1. The molecule has 0 aliphatic heterocycles. The number of rotatable bonds is 4. The van der Waals surface area contributed by atoms with Gasteiger partial charge in [0.25, 0.3) is 0 Å². The molecular formula is C20H18F2O3. The number of ketones is 1. The van der Waals surface area contributed by atoms with Crippen molar-refractivity contribution in [2.24, 2.45) is 5.92 Å². The van der Waals surface area contributed by atoms with Crippen LogP contribution in [-0.4, -0.2) is 18.4 Å². The molecule has 0 radical (unpaired) electrons. The predicted molar refractivity (Wildman–Crippen MR) is 88.3 cm³/mol. The SMILES string of the molecule is CCOC(=O)C1CC(Cc2ccccc2)c2cc(F)c(F)cc2C1=O. The number of halogens is 2. The first kappa shape index (κ1) is 17.3. The van der Waals surface area contributed by atoms with E-state index >= 15 is 0 Å². The Hall–Kier alpha value is -2.56. The second kappa shape index (κ2) is 7.13. The number of carbonyl (C=O) groups is 2. The van der Waals surface area contributed by atoms with Crippen LogP contribution in [-0.2, 0) is 16.0 Å². The van der Waals surface area contributed by atoms with Gasteiger partial charge >= 0.3 is 5.97 Å². The monoisotopic (exact) mass is 344 g/mol. The first-order chi connectivity index (χ1) is 12.0. The standard InChI is InChI=1S/C20H18F2O3/c1-2-25-20(24)16-9-13(8-12-6-4-3-5-7-12)14-10-17(21)18(22)11-15(14)19(16)23/h3-7,10-11,13,16H,2,8-9H2,1H3. The number of ether oxygens (including phenoxy) is 1. The van der Waals surface area contributed by atoms with E-state index < -0.39 is 29.3 Å². The zero-order chi connectivity index (χ0) is 18.0. The molecule has 2 aromatic carbocycles. The third kappa shape index (κ3) is 3.45. The van der Waals surface area contributed by atoms with Gasteiger partial charge in [-0.2, -0.15) is 0 Å². The zero-order valence-corrected chi connectivity index (χ0v) is 13.8. The Morgan fingerprint density at radius 2 is 1.84 bits per heavy atom. The highest BCUT2D eigenvalue weighted by Gasteiger charge is 2.39. The Bertz CT molecular complexity index is 802. The van der Waals surface area contributed by atoms with Gasteiger partial charge in [0.1, 0.15) is 5.92 Å². The molecule has 0 N–H and O–H groups in total. The lowest BCUT2D eigenvalue weighted by Crippen LogP contribution is -2.34. The number of Topliss-reactive ketones (excluding diaryl/α,β-unsaturated/α-hetero) is 1. The third-order valence-electron chi connectivity index (χ3n) is 4.53. The van der Waals surface area contributed by atoms with E-state index in [1.165, 1.54) is 0 Å². The molecule has 0 spiro atoms. The van der Waals surface area contributed by atoms with E-state index in [4.69, 9.17) is 4.74 Å². The summed E-state index contributed by atoms with van der Waals surface area (Å²) in [5.41, 5.74) is 1.53. The van der Waals surface area contributed by atoms with Crippen LogP contribution in [0.5, 0.6) is 0 Å². The van der Waals surface area contributed by atoms with Crippen molar-refractivity contribution in [1.82, 2.24) is 0 Å². The van der Waals surface area contributed by atoms with Crippen molar-refractivity contribution in [1.29, 1.82) is 0 Å². The van der Waals surface area contributed by atoms with Crippen LogP contribution in [0.4, 0.5) is 8.78 Å². The Balaban J connectivity index is 2.02. The number of hydrogen-bond donors (Lipinski definition) is 0. The molecule has 2 aromatic rings. The van der Waals surface area contributed by atoms with E-state index in [2.05, 4.69) is 0 Å². The maximum absolute atomic E-state index is 13.7. The molecule has 0 fully saturated rings. The molecule has 0 amide bonds. The molecule has 25 heavy (non-hydrogen) atoms. The van der Waals surface area contributed by atoms with Gasteiger partial charge < -0.3 is 4.74 Å². The van der Waals surface area contributed by atoms with Gasteiger partial charge in [-0.25, -0.2) is 8.78 Å². The normalized spacial score (nSPS) is 19.4. The fraction of sp³-hybridized carbons (Fsp3) is 0.300. The van der Waals surface area contributed by atoms with Crippen molar-refractivity contribution < 1.29 is 23.1 Å². The van der Waals surface area contributed by atoms with Crippen LogP contribution in [0.25, 0.3) is 0 Å². The summed E-state index contributed by atoms with van der Waals surface area (Å²) < 4.78 is 32.4. The van der Waals surface area contributed by atoms with Crippen LogP contribution in [0.1, 0.15) is 40.7 Å². The molecule has 2 atom stereocenters. The van der Waals surface area contributed by atoms with Crippen molar-refractivity contribution in [3.8, 4) is 0 Å². The van der Waals surface area contributed by atoms with Crippen LogP contribution in [0.2, 0.25) is 0 Å². The highest BCUT2D eigenvalue weighted by Crippen LogP contribution is 2.38. The molecule has 5 heteroatoms. The average molecular weight is 344 g/mol. The van der Waals surface area contributed by atoms with Crippen LogP contribution in [0, 0.1) is 17.6 Å². The second-order valence-corrected chi connectivity index (χ2v) is 6.14. The quantitative estimate of drug-likeness (QED) is 0.621. The van der Waals surface area contributed by atoms with Gasteiger partial charge in [-0.15, -0.1) is 0 Å². The van der Waals surface area contributed by atoms with Crippen molar-refractivity contribution >= 4 is 11.8 Å². The molecule has 3 rings (SSSR count). The molecule has 0 bridgehead atoms. The van der Waals surface area contributed by atoms with Crippen LogP contribution in [0.15, 0.2) is 42.5 Å². The van der Waals surface area contributed by atoms with Gasteiger partial charge in [0.15, 0.2) is 17.4 Å². The summed E-state index contributed by atoms with van der Waals surface area (Å²) in [4.78, 5) is 24.8. The van der Waals surface area contributed by atoms with Gasteiger partial charge in [-0.05, 0) is 48.9 Å². The largest absolute Gasteiger partial charge is 0.465 e. The molecule has 0 saturated heterocycles. The number of carbonyl (C=O) groups excluding carboxylic acids is 2. The minimum atomic E-state index is -1.09. The molecule has 1 aliphatic rings. The fourth-order valence-electron chi connectivity index (χ4n) is 3.36. The molecular weight excluding hydrogens is 326 g/mol. The highest BCUT2D eigenvalue weighted by molar-refractivity contribution is 6.10. The summed E-state index contributed by atoms with van der Waals surface area (Å²) in [6, 6.07) is 11.5. The topological polar surface area (TPSA) is 43.4 Å². The lowest BCUT2D eigenvalue weighted by molar-refractivity contribution is -0.146. The van der Waals surface area contributed by atoms with E-state index in [0.717, 1.165) is 17.7 Å². The van der Waals surface area contributed by atoms with E-state index in [1.54, 1.807) is 6.92 Å². The number of benzene rings is 2. The minimum Gasteiger partial charge on any atom is -0.465 e. The van der Waals surface area contributed by atoms with E-state index in [1.807, 2.05) is 30.3 Å². The Labute approximate surface area is 144 Å². The van der Waals surface area contributed by atoms with Gasteiger partial charge in [-0.3, -0.25) is 9.59 Å². The van der Waals surface area contributed by atoms with Crippen molar-refractivity contribution in [2.45, 2.75) is 25.7 Å². The smallest absolute Gasteiger partial charge is 0.316 e. The van der Waals surface area contributed by atoms with Crippen LogP contribution < -0.4 is 0 Å². The average Bonchev–Trinajstić information content (AvgIpc) is 2.60. The highest BCUT2D eigenvalue weighted by atomic mass is 19.2. The van der Waals surface area contributed by atoms with Crippen LogP contribution in [0.3, 0.4) is 0 Å². The summed E-state index contributed by atoms with van der Waals surface area (Å²) in [5.74, 6) is -4.43. The summed E-state index contributed by atoms with van der Waals surface area (Å²) in [7, 11) is 0. The molecule has 0 heterocycles. The molecule has 1 aliphatic carbocycles. The molecule has 0 saturated carbocycles. The van der Waals surface area contributed by atoms with Crippen molar-refractivity contribution in [2.75, 3.05) is 6.61 Å². The number of fused-ring (bicyclic) bond motifs is 1. The summed E-state index contributed by atoms with van der Waals surface area (Å²) in [5, 5.41) is 0. The fourth-order valence-corrected chi connectivity index (χ4v) is 3.36. The maximum Gasteiger partial charge on any atom is 0.316 e. The summed E-state index contributed by atoms with van der Waals surface area (Å²) in [6.07, 6.45) is 0.757. The Morgan fingerprint density at radius 3 is 2.52 bits per heavy atom. The molecule has 3 nitrogen and oxygen atoms in total. The van der Waals surface area contributed by atoms with Gasteiger partial charge in [-0.1, -0.05) is 30.3 Å². The van der Waals surface area contributed by atoms with Gasteiger partial charge in [0.2, 0.25) is 0 Å². The van der Waals surface area contributed by atoms with Crippen molar-refractivity contribution in [3.63, 3.8) is 0 Å². The Morgan fingerprint density at radius 1 is 1.16 bits per heavy atom. The van der Waals surface area contributed by atoms with Crippen LogP contribution >= 0.6 is 0 Å². The van der Waals surface area contributed by atoms with E-state index in [-0.39, 0.29) is 24.5 Å². The maximum atomic E-state index is 13.7. The lowest BCUT2D eigenvalue weighted by atomic mass is 9.73. The van der Waals surface area contributed by atoms with Crippen molar-refractivity contribution in [3.05, 3.63) is 70.8 Å². The van der Waals surface area contributed by atoms with E-state index in [9.17, 15) is 18.4 Å². The number of hydrogen-bond acceptors (Lipinski definition) is 3. The summed E-state index contributed by atoms with van der Waals surface area (Å²) in [6.45, 7) is 1.83. The summed E-state index contributed by atoms with van der Waals surface area (Å²) >= 11 is 0. The Kier molecular flexibility index (Phi) is 4.93. The lowest BCUT2D eigenvalue weighted by Gasteiger charge is -2.29. The zero-order valence-electron chi connectivity index (χ0n) is 13.8. The molecule has 130 valence electrons. The van der Waals surface area contributed by atoms with Gasteiger partial charge in [0, 0.05) is 5.56 Å². The van der Waals surface area contributed by atoms with Gasteiger partial charge in [0.05, 0.1) is 6.61 Å². The molecule has 0 aromatic heterocycles. The van der Waals surface area contributed by atoms with E-state index in [0.29, 0.717) is 12.0 Å².